The number of hydrogen-bond donors (Lipinski definition) is 0. The molecule has 0 amide bonds. The third kappa shape index (κ3) is 2.55. The van der Waals surface area contributed by atoms with E-state index in [1.54, 1.807) is 0 Å². The van der Waals surface area contributed by atoms with Crippen molar-refractivity contribution < 1.29 is 9.47 Å². The van der Waals surface area contributed by atoms with Crippen LogP contribution in [0.5, 0.6) is 0 Å². The third-order valence-electron chi connectivity index (χ3n) is 4.92. The Labute approximate surface area is 150 Å². The number of halogens is 1. The second-order valence-corrected chi connectivity index (χ2v) is 7.31. The molecule has 1 spiro atoms. The van der Waals surface area contributed by atoms with Crippen molar-refractivity contribution in [2.45, 2.75) is 24.0 Å². The second kappa shape index (κ2) is 6.04. The van der Waals surface area contributed by atoms with E-state index < -0.39 is 5.79 Å². The van der Waals surface area contributed by atoms with Gasteiger partial charge in [-0.2, -0.15) is 0 Å². The molecule has 0 aromatic heterocycles. The molecule has 2 nitrogen and oxygen atoms in total. The molecular formula is C20H19IO2. The first kappa shape index (κ1) is 15.4. The zero-order valence-corrected chi connectivity index (χ0v) is 15.0. The van der Waals surface area contributed by atoms with Gasteiger partial charge in [-0.1, -0.05) is 66.7 Å². The number of hydrogen-bond acceptors (Lipinski definition) is 2. The normalized spacial score (nSPS) is 22.0. The Kier molecular flexibility index (Phi) is 4.03. The van der Waals surface area contributed by atoms with E-state index in [1.165, 1.54) is 11.1 Å². The van der Waals surface area contributed by atoms with Crippen LogP contribution in [0.25, 0.3) is 0 Å². The third-order valence-corrected chi connectivity index (χ3v) is 6.05. The molecule has 0 unspecified atom stereocenters. The van der Waals surface area contributed by atoms with Crippen LogP contribution in [-0.2, 0) is 14.9 Å². The zero-order chi connectivity index (χ0) is 15.8. The quantitative estimate of drug-likeness (QED) is 0.651. The average molecular weight is 418 g/mol. The Balaban J connectivity index is 1.87. The summed E-state index contributed by atoms with van der Waals surface area (Å²) < 4.78 is 13.1. The predicted molar refractivity (Wildman–Crippen MR) is 99.6 cm³/mol. The fourth-order valence-corrected chi connectivity index (χ4v) is 4.82. The maximum Gasteiger partial charge on any atom is 0.200 e. The van der Waals surface area contributed by atoms with E-state index in [9.17, 15) is 0 Å². The van der Waals surface area contributed by atoms with E-state index in [1.807, 2.05) is 0 Å². The molecule has 0 N–H and O–H groups in total. The summed E-state index contributed by atoms with van der Waals surface area (Å²) in [5.41, 5.74) is 2.54. The minimum absolute atomic E-state index is 0.112. The Hall–Kier alpha value is -1.17. The number of ether oxygens (including phenoxy) is 2. The summed E-state index contributed by atoms with van der Waals surface area (Å²) in [6.07, 6.45) is 4.21. The van der Waals surface area contributed by atoms with E-state index >= 15 is 0 Å². The molecule has 0 radical (unpaired) electrons. The van der Waals surface area contributed by atoms with E-state index in [2.05, 4.69) is 89.3 Å². The molecule has 2 aliphatic rings. The Morgan fingerprint density at radius 3 is 1.74 bits per heavy atom. The minimum Gasteiger partial charge on any atom is -0.343 e. The summed E-state index contributed by atoms with van der Waals surface area (Å²) in [4.78, 5) is 0. The smallest absolute Gasteiger partial charge is 0.200 e. The molecule has 0 atom stereocenters. The SMILES string of the molecule is IC1=CC(c2ccccc2)(c2ccccc2)CCC12OCCO2. The summed E-state index contributed by atoms with van der Waals surface area (Å²) in [6.45, 7) is 1.37. The van der Waals surface area contributed by atoms with Crippen LogP contribution in [0.1, 0.15) is 24.0 Å². The lowest BCUT2D eigenvalue weighted by atomic mass is 9.68. The highest BCUT2D eigenvalue weighted by Crippen LogP contribution is 2.50. The Morgan fingerprint density at radius 1 is 0.739 bits per heavy atom. The van der Waals surface area contributed by atoms with Gasteiger partial charge in [0.05, 0.1) is 13.2 Å². The van der Waals surface area contributed by atoms with Crippen LogP contribution in [0.3, 0.4) is 0 Å². The van der Waals surface area contributed by atoms with Crippen molar-refractivity contribution in [2.75, 3.05) is 13.2 Å². The molecule has 1 saturated heterocycles. The van der Waals surface area contributed by atoms with Crippen molar-refractivity contribution in [1.82, 2.24) is 0 Å². The number of allylic oxidation sites excluding steroid dienone is 1. The molecule has 3 heteroatoms. The van der Waals surface area contributed by atoms with Crippen molar-refractivity contribution in [2.24, 2.45) is 0 Å². The van der Waals surface area contributed by atoms with E-state index in [-0.39, 0.29) is 5.41 Å². The van der Waals surface area contributed by atoms with Gasteiger partial charge in [-0.25, -0.2) is 0 Å². The van der Waals surface area contributed by atoms with E-state index in [0.29, 0.717) is 13.2 Å². The van der Waals surface area contributed by atoms with Gasteiger partial charge < -0.3 is 9.47 Å². The summed E-state index contributed by atoms with van der Waals surface area (Å²) >= 11 is 2.40. The van der Waals surface area contributed by atoms with E-state index in [0.717, 1.165) is 16.4 Å². The summed E-state index contributed by atoms with van der Waals surface area (Å²) in [7, 11) is 0. The fraction of sp³-hybridized carbons (Fsp3) is 0.300. The molecule has 2 aromatic carbocycles. The van der Waals surface area contributed by atoms with Gasteiger partial charge in [0.2, 0.25) is 5.79 Å². The van der Waals surface area contributed by atoms with Crippen LogP contribution >= 0.6 is 22.6 Å². The molecule has 1 aliphatic carbocycles. The van der Waals surface area contributed by atoms with Gasteiger partial charge in [0.1, 0.15) is 0 Å². The fourth-order valence-electron chi connectivity index (χ4n) is 3.71. The van der Waals surface area contributed by atoms with Gasteiger partial charge in [0, 0.05) is 15.4 Å². The molecule has 1 fully saturated rings. The largest absolute Gasteiger partial charge is 0.343 e. The number of benzene rings is 2. The highest BCUT2D eigenvalue weighted by atomic mass is 127. The lowest BCUT2D eigenvalue weighted by Crippen LogP contribution is -2.40. The summed E-state index contributed by atoms with van der Waals surface area (Å²) in [5, 5.41) is 0. The highest BCUT2D eigenvalue weighted by molar-refractivity contribution is 14.1. The van der Waals surface area contributed by atoms with Gasteiger partial charge in [-0.15, -0.1) is 0 Å². The maximum atomic E-state index is 5.96. The van der Waals surface area contributed by atoms with Crippen LogP contribution in [0.4, 0.5) is 0 Å². The molecule has 118 valence electrons. The molecule has 23 heavy (non-hydrogen) atoms. The average Bonchev–Trinajstić information content (AvgIpc) is 3.09. The van der Waals surface area contributed by atoms with Crippen molar-refractivity contribution >= 4 is 22.6 Å². The molecule has 1 aliphatic heterocycles. The van der Waals surface area contributed by atoms with Gasteiger partial charge in [-0.3, -0.25) is 0 Å². The van der Waals surface area contributed by atoms with Crippen LogP contribution in [0.2, 0.25) is 0 Å². The van der Waals surface area contributed by atoms with Gasteiger partial charge >= 0.3 is 0 Å². The van der Waals surface area contributed by atoms with Gasteiger partial charge in [-0.05, 0) is 40.1 Å². The van der Waals surface area contributed by atoms with Crippen molar-refractivity contribution in [3.8, 4) is 0 Å². The first-order valence-electron chi connectivity index (χ1n) is 8.03. The summed E-state index contributed by atoms with van der Waals surface area (Å²) in [5.74, 6) is -0.506. The second-order valence-electron chi connectivity index (χ2n) is 6.15. The zero-order valence-electron chi connectivity index (χ0n) is 12.9. The van der Waals surface area contributed by atoms with E-state index in [4.69, 9.17) is 9.47 Å². The molecule has 0 saturated carbocycles. The molecular weight excluding hydrogens is 399 g/mol. The highest BCUT2D eigenvalue weighted by Gasteiger charge is 2.48. The van der Waals surface area contributed by atoms with Crippen LogP contribution < -0.4 is 0 Å². The first-order valence-corrected chi connectivity index (χ1v) is 9.11. The van der Waals surface area contributed by atoms with Crippen LogP contribution in [0, 0.1) is 0 Å². The summed E-state index contributed by atoms with van der Waals surface area (Å²) in [6, 6.07) is 21.5. The van der Waals surface area contributed by atoms with Crippen LogP contribution in [-0.4, -0.2) is 19.0 Å². The minimum atomic E-state index is -0.506. The lowest BCUT2D eigenvalue weighted by molar-refractivity contribution is -0.129. The maximum absolute atomic E-state index is 5.96. The predicted octanol–water partition coefficient (Wildman–Crippen LogP) is 4.83. The molecule has 1 heterocycles. The molecule has 0 bridgehead atoms. The van der Waals surface area contributed by atoms with Crippen molar-refractivity contribution in [1.29, 1.82) is 0 Å². The molecule has 2 aromatic rings. The van der Waals surface area contributed by atoms with Crippen LogP contribution in [0.15, 0.2) is 70.3 Å². The van der Waals surface area contributed by atoms with Gasteiger partial charge in [0.15, 0.2) is 0 Å². The Morgan fingerprint density at radius 2 is 1.26 bits per heavy atom. The standard InChI is InChI=1S/C20H19IO2/c21-18-15-19(16-7-3-1-4-8-16,17-9-5-2-6-10-17)11-12-20(18)22-13-14-23-20/h1-10,15H,11-14H2. The monoisotopic (exact) mass is 418 g/mol. The topological polar surface area (TPSA) is 18.5 Å². The molecule has 4 rings (SSSR count). The first-order chi connectivity index (χ1) is 11.3. The van der Waals surface area contributed by atoms with Crippen molar-refractivity contribution in [3.63, 3.8) is 0 Å². The Bertz CT molecular complexity index is 663. The van der Waals surface area contributed by atoms with Crippen molar-refractivity contribution in [3.05, 3.63) is 81.4 Å². The lowest BCUT2D eigenvalue weighted by Gasteiger charge is -2.41. The van der Waals surface area contributed by atoms with Gasteiger partial charge in [0.25, 0.3) is 0 Å². The number of rotatable bonds is 2.